The van der Waals surface area contributed by atoms with Crippen molar-refractivity contribution in [1.82, 2.24) is 4.57 Å². The highest BCUT2D eigenvalue weighted by Crippen LogP contribution is 2.28. The van der Waals surface area contributed by atoms with Gasteiger partial charge in [-0.1, -0.05) is 5.92 Å². The van der Waals surface area contributed by atoms with Crippen molar-refractivity contribution in [3.8, 4) is 23.7 Å². The summed E-state index contributed by atoms with van der Waals surface area (Å²) in [6, 6.07) is 14.6. The Hall–Kier alpha value is -3.42. The van der Waals surface area contributed by atoms with E-state index in [-0.39, 0.29) is 0 Å². The van der Waals surface area contributed by atoms with Gasteiger partial charge in [-0.15, -0.1) is 0 Å². The highest BCUT2D eigenvalue weighted by molar-refractivity contribution is 7.92. The van der Waals surface area contributed by atoms with Crippen LogP contribution in [0, 0.1) is 23.2 Å². The van der Waals surface area contributed by atoms with Crippen LogP contribution < -0.4 is 9.46 Å². The molecule has 7 heteroatoms. The second kappa shape index (κ2) is 7.67. The number of rotatable bonds is 4. The van der Waals surface area contributed by atoms with E-state index in [4.69, 9.17) is 4.74 Å². The molecule has 0 saturated heterocycles. The summed E-state index contributed by atoms with van der Waals surface area (Å²) in [6.07, 6.45) is 1.10. The maximum atomic E-state index is 11.3. The molecule has 0 atom stereocenters. The third-order valence-corrected chi connectivity index (χ3v) is 4.82. The third kappa shape index (κ3) is 3.95. The van der Waals surface area contributed by atoms with Gasteiger partial charge in [0.1, 0.15) is 17.5 Å². The van der Waals surface area contributed by atoms with Gasteiger partial charge >= 0.3 is 0 Å². The van der Waals surface area contributed by atoms with Crippen molar-refractivity contribution in [2.24, 2.45) is 0 Å². The number of sulfonamides is 1. The SMILES string of the molecule is CCn1c(C#Cc2ccc(NS(C)(=O)=O)cc2)c(C#N)c2ccc(OC)cc21. The molecule has 0 aliphatic carbocycles. The van der Waals surface area contributed by atoms with Gasteiger partial charge in [0.05, 0.1) is 24.4 Å². The highest BCUT2D eigenvalue weighted by atomic mass is 32.2. The lowest BCUT2D eigenvalue weighted by molar-refractivity contribution is 0.415. The molecule has 0 saturated carbocycles. The van der Waals surface area contributed by atoms with Crippen LogP contribution >= 0.6 is 0 Å². The lowest BCUT2D eigenvalue weighted by atomic mass is 10.1. The van der Waals surface area contributed by atoms with E-state index < -0.39 is 10.0 Å². The number of anilines is 1. The second-order valence-corrected chi connectivity index (χ2v) is 7.91. The topological polar surface area (TPSA) is 84.1 Å². The van der Waals surface area contributed by atoms with Gasteiger partial charge in [-0.2, -0.15) is 5.26 Å². The molecule has 1 aromatic heterocycles. The average Bonchev–Trinajstić information content (AvgIpc) is 2.97. The minimum atomic E-state index is -3.32. The summed E-state index contributed by atoms with van der Waals surface area (Å²) >= 11 is 0. The van der Waals surface area contributed by atoms with E-state index in [1.54, 1.807) is 31.4 Å². The number of nitriles is 1. The molecule has 2 aromatic carbocycles. The van der Waals surface area contributed by atoms with Crippen molar-refractivity contribution in [3.63, 3.8) is 0 Å². The van der Waals surface area contributed by atoms with E-state index in [1.165, 1.54) is 0 Å². The molecule has 0 aliphatic heterocycles. The fourth-order valence-electron chi connectivity index (χ4n) is 2.99. The maximum Gasteiger partial charge on any atom is 0.229 e. The number of nitrogens with zero attached hydrogens (tertiary/aromatic N) is 2. The first-order chi connectivity index (χ1) is 13.4. The molecule has 0 bridgehead atoms. The Morgan fingerprint density at radius 1 is 1.14 bits per heavy atom. The minimum absolute atomic E-state index is 0.473. The Morgan fingerprint density at radius 2 is 1.86 bits per heavy atom. The van der Waals surface area contributed by atoms with Crippen LogP contribution in [0.3, 0.4) is 0 Å². The molecule has 1 N–H and O–H groups in total. The zero-order valence-corrected chi connectivity index (χ0v) is 16.6. The molecule has 0 amide bonds. The number of nitrogens with one attached hydrogen (secondary N) is 1. The molecule has 0 radical (unpaired) electrons. The molecular formula is C21H19N3O3S. The van der Waals surface area contributed by atoms with Gasteiger partial charge in [-0.3, -0.25) is 4.72 Å². The summed E-state index contributed by atoms with van der Waals surface area (Å²) in [5.74, 6) is 6.89. The molecule has 3 aromatic rings. The number of hydrogen-bond acceptors (Lipinski definition) is 4. The van der Waals surface area contributed by atoms with E-state index in [0.717, 1.165) is 22.9 Å². The van der Waals surface area contributed by atoms with Crippen molar-refractivity contribution >= 4 is 26.6 Å². The number of hydrogen-bond donors (Lipinski definition) is 1. The van der Waals surface area contributed by atoms with E-state index >= 15 is 0 Å². The van der Waals surface area contributed by atoms with Gasteiger partial charge < -0.3 is 9.30 Å². The fraction of sp³-hybridized carbons (Fsp3) is 0.190. The fourth-order valence-corrected chi connectivity index (χ4v) is 3.56. The number of benzene rings is 2. The van der Waals surface area contributed by atoms with Crippen LogP contribution in [0.25, 0.3) is 10.9 Å². The molecule has 0 spiro atoms. The van der Waals surface area contributed by atoms with Crippen molar-refractivity contribution < 1.29 is 13.2 Å². The number of ether oxygens (including phenoxy) is 1. The Kier molecular flexibility index (Phi) is 5.30. The van der Waals surface area contributed by atoms with Crippen molar-refractivity contribution in [1.29, 1.82) is 5.26 Å². The van der Waals surface area contributed by atoms with Crippen LogP contribution in [0.2, 0.25) is 0 Å². The van der Waals surface area contributed by atoms with E-state index in [2.05, 4.69) is 22.6 Å². The second-order valence-electron chi connectivity index (χ2n) is 6.16. The summed E-state index contributed by atoms with van der Waals surface area (Å²) in [4.78, 5) is 0. The van der Waals surface area contributed by atoms with Gasteiger partial charge in [0, 0.05) is 29.2 Å². The largest absolute Gasteiger partial charge is 0.497 e. The van der Waals surface area contributed by atoms with Crippen LogP contribution in [-0.4, -0.2) is 26.4 Å². The van der Waals surface area contributed by atoms with Gasteiger partial charge in [0.25, 0.3) is 0 Å². The van der Waals surface area contributed by atoms with Gasteiger partial charge in [-0.05, 0) is 49.2 Å². The molecule has 3 rings (SSSR count). The van der Waals surface area contributed by atoms with Crippen LogP contribution in [-0.2, 0) is 16.6 Å². The Labute approximate surface area is 164 Å². The van der Waals surface area contributed by atoms with Crippen LogP contribution in [0.1, 0.15) is 23.7 Å². The Balaban J connectivity index is 2.05. The number of fused-ring (bicyclic) bond motifs is 1. The minimum Gasteiger partial charge on any atom is -0.497 e. The van der Waals surface area contributed by atoms with Gasteiger partial charge in [0.15, 0.2) is 0 Å². The normalized spacial score (nSPS) is 10.8. The summed E-state index contributed by atoms with van der Waals surface area (Å²) in [7, 11) is -1.71. The lowest BCUT2D eigenvalue weighted by Gasteiger charge is -2.05. The third-order valence-electron chi connectivity index (χ3n) is 4.21. The number of methoxy groups -OCH3 is 1. The first-order valence-electron chi connectivity index (χ1n) is 8.56. The van der Waals surface area contributed by atoms with Crippen molar-refractivity contribution in [3.05, 3.63) is 59.3 Å². The molecule has 6 nitrogen and oxygen atoms in total. The van der Waals surface area contributed by atoms with Crippen molar-refractivity contribution in [2.75, 3.05) is 18.1 Å². The first-order valence-corrected chi connectivity index (χ1v) is 10.5. The molecule has 0 fully saturated rings. The molecular weight excluding hydrogens is 374 g/mol. The summed E-state index contributed by atoms with van der Waals surface area (Å²) in [5, 5.41) is 10.5. The molecule has 142 valence electrons. The van der Waals surface area contributed by atoms with Gasteiger partial charge in [-0.25, -0.2) is 8.42 Å². The average molecular weight is 393 g/mol. The highest BCUT2D eigenvalue weighted by Gasteiger charge is 2.15. The smallest absolute Gasteiger partial charge is 0.229 e. The summed E-state index contributed by atoms with van der Waals surface area (Å²) < 4.78 is 32.3. The predicted molar refractivity (Wildman–Crippen MR) is 110 cm³/mol. The monoisotopic (exact) mass is 393 g/mol. The standard InChI is InChI=1S/C21H19N3O3S/c1-4-24-20(19(14-22)18-11-10-17(27-2)13-21(18)24)12-7-15-5-8-16(9-6-15)23-28(3,25)26/h5-6,8-11,13,23H,4H2,1-3H3. The Morgan fingerprint density at radius 3 is 2.43 bits per heavy atom. The van der Waals surface area contributed by atoms with Crippen LogP contribution in [0.5, 0.6) is 5.75 Å². The van der Waals surface area contributed by atoms with Crippen molar-refractivity contribution in [2.45, 2.75) is 13.5 Å². The Bertz CT molecular complexity index is 1240. The van der Waals surface area contributed by atoms with E-state index in [1.807, 2.05) is 29.7 Å². The quantitative estimate of drug-likeness (QED) is 0.689. The molecule has 0 aliphatic rings. The zero-order valence-electron chi connectivity index (χ0n) is 15.8. The summed E-state index contributed by atoms with van der Waals surface area (Å²) in [5.41, 5.74) is 3.26. The predicted octanol–water partition coefficient (Wildman–Crippen LogP) is 3.31. The van der Waals surface area contributed by atoms with E-state index in [0.29, 0.717) is 29.1 Å². The molecule has 0 unspecified atom stereocenters. The van der Waals surface area contributed by atoms with Gasteiger partial charge in [0.2, 0.25) is 10.0 Å². The lowest BCUT2D eigenvalue weighted by Crippen LogP contribution is -2.09. The van der Waals surface area contributed by atoms with E-state index in [9.17, 15) is 13.7 Å². The molecule has 28 heavy (non-hydrogen) atoms. The first kappa shape index (κ1) is 19.3. The maximum absolute atomic E-state index is 11.3. The summed E-state index contributed by atoms with van der Waals surface area (Å²) in [6.45, 7) is 2.66. The van der Waals surface area contributed by atoms with Crippen LogP contribution in [0.15, 0.2) is 42.5 Å². The zero-order chi connectivity index (χ0) is 20.3. The number of aryl methyl sites for hydroxylation is 1. The molecule has 1 heterocycles. The van der Waals surface area contributed by atoms with Crippen LogP contribution in [0.4, 0.5) is 5.69 Å². The number of aromatic nitrogens is 1.